The molecule has 9 heteroatoms. The van der Waals surface area contributed by atoms with Gasteiger partial charge in [-0.05, 0) is 13.8 Å². The lowest BCUT2D eigenvalue weighted by atomic mass is 10.1. The molecule has 0 aliphatic rings. The normalized spacial score (nSPS) is 10.1. The van der Waals surface area contributed by atoms with Crippen LogP contribution >= 0.6 is 0 Å². The van der Waals surface area contributed by atoms with Crippen LogP contribution in [0.25, 0.3) is 0 Å². The van der Waals surface area contributed by atoms with Crippen molar-refractivity contribution in [3.05, 3.63) is 17.7 Å². The topological polar surface area (TPSA) is 94.6 Å². The molecule has 0 N–H and O–H groups in total. The average molecular weight is 396 g/mol. The van der Waals surface area contributed by atoms with Gasteiger partial charge in [0.1, 0.15) is 11.3 Å². The van der Waals surface area contributed by atoms with Crippen LogP contribution in [0.15, 0.2) is 12.1 Å². The zero-order valence-electron chi connectivity index (χ0n) is 17.2. The summed E-state index contributed by atoms with van der Waals surface area (Å²) in [5.41, 5.74) is 0.0924. The van der Waals surface area contributed by atoms with E-state index in [0.717, 1.165) is 0 Å². The molecule has 0 radical (unpaired) electrons. The van der Waals surface area contributed by atoms with Crippen molar-refractivity contribution in [3.8, 4) is 17.2 Å². The first-order valence-corrected chi connectivity index (χ1v) is 8.81. The minimum Gasteiger partial charge on any atom is -0.496 e. The van der Waals surface area contributed by atoms with Crippen LogP contribution in [0.4, 0.5) is 0 Å². The molecule has 156 valence electrons. The maximum absolute atomic E-state index is 12.4. The number of carbonyl (C=O) groups is 3. The molecule has 0 heterocycles. The van der Waals surface area contributed by atoms with Gasteiger partial charge in [0.2, 0.25) is 5.91 Å². The van der Waals surface area contributed by atoms with E-state index in [-0.39, 0.29) is 23.8 Å². The van der Waals surface area contributed by atoms with Gasteiger partial charge in [-0.25, -0.2) is 4.79 Å². The van der Waals surface area contributed by atoms with Gasteiger partial charge in [-0.1, -0.05) is 0 Å². The smallest absolute Gasteiger partial charge is 0.342 e. The Bertz CT molecular complexity index is 702. The molecule has 2 amide bonds. The number of hydrogen-bond acceptors (Lipinski definition) is 7. The van der Waals surface area contributed by atoms with Crippen molar-refractivity contribution < 1.29 is 33.3 Å². The van der Waals surface area contributed by atoms with Crippen molar-refractivity contribution in [3.63, 3.8) is 0 Å². The average Bonchev–Trinajstić information content (AvgIpc) is 2.71. The molecule has 0 aliphatic heterocycles. The molecule has 1 aromatic carbocycles. The highest BCUT2D eigenvalue weighted by Gasteiger charge is 2.22. The Balaban J connectivity index is 2.78. The van der Waals surface area contributed by atoms with Crippen LogP contribution in [-0.4, -0.2) is 82.2 Å². The quantitative estimate of drug-likeness (QED) is 0.549. The number of hydrogen-bond donors (Lipinski definition) is 0. The molecule has 0 bridgehead atoms. The number of amides is 2. The van der Waals surface area contributed by atoms with Crippen LogP contribution in [0, 0.1) is 0 Å². The first-order valence-electron chi connectivity index (χ1n) is 8.81. The summed E-state index contributed by atoms with van der Waals surface area (Å²) in [5, 5.41) is 0. The molecule has 0 atom stereocenters. The van der Waals surface area contributed by atoms with E-state index < -0.39 is 18.5 Å². The SMILES string of the molecule is CCN(CC)C(=O)CN(C)C(=O)COC(=O)c1cc(OC)c(OC)cc1OC. The number of rotatable bonds is 10. The lowest BCUT2D eigenvalue weighted by molar-refractivity contribution is -0.140. The number of benzene rings is 1. The van der Waals surface area contributed by atoms with Crippen molar-refractivity contribution in [1.29, 1.82) is 0 Å². The summed E-state index contributed by atoms with van der Waals surface area (Å²) in [6.45, 7) is 4.26. The van der Waals surface area contributed by atoms with Gasteiger partial charge in [-0.2, -0.15) is 0 Å². The molecule has 28 heavy (non-hydrogen) atoms. The van der Waals surface area contributed by atoms with E-state index in [4.69, 9.17) is 18.9 Å². The third kappa shape index (κ3) is 5.77. The standard InChI is InChI=1S/C19H28N2O7/c1-7-21(8-2)17(22)11-20(3)18(23)12-28-19(24)13-9-15(26-5)16(27-6)10-14(13)25-4/h9-10H,7-8,11-12H2,1-6H3. The summed E-state index contributed by atoms with van der Waals surface area (Å²) < 4.78 is 20.6. The number of likely N-dealkylation sites (N-methyl/N-ethyl adjacent to an activating group) is 2. The number of carbonyl (C=O) groups excluding carboxylic acids is 3. The first-order chi connectivity index (χ1) is 13.3. The molecule has 9 nitrogen and oxygen atoms in total. The van der Waals surface area contributed by atoms with E-state index in [9.17, 15) is 14.4 Å². The molecule has 1 rings (SSSR count). The highest BCUT2D eigenvalue weighted by atomic mass is 16.5. The van der Waals surface area contributed by atoms with Crippen LogP contribution in [-0.2, 0) is 14.3 Å². The maximum atomic E-state index is 12.4. The van der Waals surface area contributed by atoms with E-state index in [2.05, 4.69) is 0 Å². The minimum atomic E-state index is -0.755. The van der Waals surface area contributed by atoms with Crippen LogP contribution in [0.3, 0.4) is 0 Å². The maximum Gasteiger partial charge on any atom is 0.342 e. The summed E-state index contributed by atoms with van der Waals surface area (Å²) >= 11 is 0. The second-order valence-electron chi connectivity index (χ2n) is 5.80. The molecule has 1 aromatic rings. The molecule has 0 fully saturated rings. The van der Waals surface area contributed by atoms with Gasteiger partial charge in [0.15, 0.2) is 18.1 Å². The fraction of sp³-hybridized carbons (Fsp3) is 0.526. The van der Waals surface area contributed by atoms with Crippen molar-refractivity contribution in [2.24, 2.45) is 0 Å². The van der Waals surface area contributed by atoms with Crippen LogP contribution in [0.5, 0.6) is 17.2 Å². The Hall–Kier alpha value is -2.97. The Morgan fingerprint density at radius 3 is 1.89 bits per heavy atom. The zero-order chi connectivity index (χ0) is 21.3. The third-order valence-corrected chi connectivity index (χ3v) is 4.17. The van der Waals surface area contributed by atoms with E-state index in [1.165, 1.54) is 45.4 Å². The van der Waals surface area contributed by atoms with Crippen molar-refractivity contribution >= 4 is 17.8 Å². The molecule has 0 aromatic heterocycles. The molecular weight excluding hydrogens is 368 g/mol. The van der Waals surface area contributed by atoms with Crippen molar-refractivity contribution in [2.45, 2.75) is 13.8 Å². The molecule has 0 aliphatic carbocycles. The Kier molecular flexibility index (Phi) is 9.07. The fourth-order valence-corrected chi connectivity index (χ4v) is 2.47. The van der Waals surface area contributed by atoms with Gasteiger partial charge >= 0.3 is 5.97 Å². The number of ether oxygens (including phenoxy) is 4. The van der Waals surface area contributed by atoms with Gasteiger partial charge in [-0.15, -0.1) is 0 Å². The lowest BCUT2D eigenvalue weighted by Crippen LogP contribution is -2.42. The van der Waals surface area contributed by atoms with E-state index >= 15 is 0 Å². The summed E-state index contributed by atoms with van der Waals surface area (Å²) in [6, 6.07) is 2.91. The van der Waals surface area contributed by atoms with Crippen LogP contribution in [0.1, 0.15) is 24.2 Å². The summed E-state index contributed by atoms with van der Waals surface area (Å²) in [6.07, 6.45) is 0. The van der Waals surface area contributed by atoms with E-state index in [0.29, 0.717) is 24.6 Å². The summed E-state index contributed by atoms with van der Waals surface area (Å²) in [5.74, 6) is -0.484. The first kappa shape index (κ1) is 23.1. The number of esters is 1. The number of nitrogens with zero attached hydrogens (tertiary/aromatic N) is 2. The molecule has 0 unspecified atom stereocenters. The van der Waals surface area contributed by atoms with Crippen LogP contribution < -0.4 is 14.2 Å². The van der Waals surface area contributed by atoms with Crippen LogP contribution in [0.2, 0.25) is 0 Å². The Labute approximate surface area is 165 Å². The second kappa shape index (κ2) is 11.0. The van der Waals surface area contributed by atoms with Gasteiger partial charge in [0, 0.05) is 32.3 Å². The number of methoxy groups -OCH3 is 3. The van der Waals surface area contributed by atoms with Crippen molar-refractivity contribution in [1.82, 2.24) is 9.80 Å². The Morgan fingerprint density at radius 2 is 1.39 bits per heavy atom. The van der Waals surface area contributed by atoms with Gasteiger partial charge in [0.05, 0.1) is 27.9 Å². The predicted molar refractivity (Wildman–Crippen MR) is 102 cm³/mol. The molecular formula is C19H28N2O7. The summed E-state index contributed by atoms with van der Waals surface area (Å²) in [4.78, 5) is 39.5. The van der Waals surface area contributed by atoms with Gasteiger partial charge in [0.25, 0.3) is 5.91 Å². The second-order valence-corrected chi connectivity index (χ2v) is 5.80. The lowest BCUT2D eigenvalue weighted by Gasteiger charge is -2.23. The fourth-order valence-electron chi connectivity index (χ4n) is 2.47. The highest BCUT2D eigenvalue weighted by Crippen LogP contribution is 2.34. The Morgan fingerprint density at radius 1 is 0.857 bits per heavy atom. The minimum absolute atomic E-state index is 0.0856. The van der Waals surface area contributed by atoms with Crippen molar-refractivity contribution in [2.75, 3.05) is 54.6 Å². The zero-order valence-corrected chi connectivity index (χ0v) is 17.2. The largest absolute Gasteiger partial charge is 0.496 e. The monoisotopic (exact) mass is 396 g/mol. The van der Waals surface area contributed by atoms with E-state index in [1.54, 1.807) is 4.90 Å². The predicted octanol–water partition coefficient (Wildman–Crippen LogP) is 1.20. The van der Waals surface area contributed by atoms with E-state index in [1.807, 2.05) is 13.8 Å². The third-order valence-electron chi connectivity index (χ3n) is 4.17. The molecule has 0 spiro atoms. The van der Waals surface area contributed by atoms with Gasteiger partial charge in [-0.3, -0.25) is 9.59 Å². The molecule has 0 saturated heterocycles. The highest BCUT2D eigenvalue weighted by molar-refractivity contribution is 5.95. The summed E-state index contributed by atoms with van der Waals surface area (Å²) in [7, 11) is 5.78. The van der Waals surface area contributed by atoms with Gasteiger partial charge < -0.3 is 28.7 Å². The molecule has 0 saturated carbocycles.